The first kappa shape index (κ1) is 9.92. The molecule has 0 radical (unpaired) electrons. The van der Waals surface area contributed by atoms with Crippen molar-refractivity contribution in [2.45, 2.75) is 45.2 Å². The summed E-state index contributed by atoms with van der Waals surface area (Å²) in [5.41, 5.74) is 5.90. The minimum absolute atomic E-state index is 0.108. The molecular weight excluding hydrogens is 124 g/mol. The first-order valence-electron chi connectivity index (χ1n) is 4.16. The van der Waals surface area contributed by atoms with Crippen LogP contribution in [-0.4, -0.2) is 12.7 Å². The van der Waals surface area contributed by atoms with Gasteiger partial charge in [0, 0.05) is 0 Å². The summed E-state index contributed by atoms with van der Waals surface area (Å²) in [6, 6.07) is 0. The van der Waals surface area contributed by atoms with Crippen LogP contribution in [0.5, 0.6) is 0 Å². The Kier molecular flexibility index (Phi) is 4.65. The minimum atomic E-state index is -0.108. The number of rotatable bonds is 5. The maximum atomic E-state index is 6.01. The standard InChI is InChI=1S/C8H20N2/c1-4-6-8(9,10-3)7-5-2/h10H,4-7,9H2,1-3H3. The second-order valence-electron chi connectivity index (χ2n) is 2.91. The molecule has 0 aliphatic heterocycles. The molecule has 2 heteroatoms. The van der Waals surface area contributed by atoms with E-state index in [1.165, 1.54) is 0 Å². The topological polar surface area (TPSA) is 38.0 Å². The maximum Gasteiger partial charge on any atom is 0.0659 e. The van der Waals surface area contributed by atoms with Gasteiger partial charge in [0.15, 0.2) is 0 Å². The monoisotopic (exact) mass is 144 g/mol. The van der Waals surface area contributed by atoms with Gasteiger partial charge in [-0.15, -0.1) is 0 Å². The van der Waals surface area contributed by atoms with Crippen LogP contribution in [0.15, 0.2) is 0 Å². The van der Waals surface area contributed by atoms with Crippen molar-refractivity contribution >= 4 is 0 Å². The van der Waals surface area contributed by atoms with E-state index < -0.39 is 0 Å². The molecule has 0 aliphatic rings. The SMILES string of the molecule is CCCC(N)(CCC)NC. The highest BCUT2D eigenvalue weighted by Crippen LogP contribution is 2.11. The normalized spacial score (nSPS) is 12.0. The number of hydrogen-bond acceptors (Lipinski definition) is 2. The molecule has 2 nitrogen and oxygen atoms in total. The van der Waals surface area contributed by atoms with Crippen molar-refractivity contribution < 1.29 is 0 Å². The molecule has 0 aromatic heterocycles. The molecule has 0 unspecified atom stereocenters. The molecule has 0 heterocycles. The summed E-state index contributed by atoms with van der Waals surface area (Å²) in [4.78, 5) is 0. The van der Waals surface area contributed by atoms with Gasteiger partial charge in [-0.05, 0) is 19.9 Å². The average molecular weight is 144 g/mol. The van der Waals surface area contributed by atoms with Crippen molar-refractivity contribution in [3.8, 4) is 0 Å². The Balaban J connectivity index is 3.69. The second kappa shape index (κ2) is 4.69. The van der Waals surface area contributed by atoms with Crippen LogP contribution in [0.4, 0.5) is 0 Å². The predicted molar refractivity (Wildman–Crippen MR) is 45.8 cm³/mol. The van der Waals surface area contributed by atoms with Gasteiger partial charge in [0.25, 0.3) is 0 Å². The Labute approximate surface area is 64.2 Å². The van der Waals surface area contributed by atoms with Gasteiger partial charge in [-0.25, -0.2) is 0 Å². The molecule has 0 aliphatic carbocycles. The van der Waals surface area contributed by atoms with Gasteiger partial charge < -0.3 is 11.1 Å². The number of hydrogen-bond donors (Lipinski definition) is 2. The first-order valence-corrected chi connectivity index (χ1v) is 4.16. The van der Waals surface area contributed by atoms with E-state index in [0.717, 1.165) is 25.7 Å². The van der Waals surface area contributed by atoms with Crippen LogP contribution in [0, 0.1) is 0 Å². The van der Waals surface area contributed by atoms with E-state index in [2.05, 4.69) is 19.2 Å². The first-order chi connectivity index (χ1) is 4.68. The van der Waals surface area contributed by atoms with Gasteiger partial charge in [-0.1, -0.05) is 26.7 Å². The summed E-state index contributed by atoms with van der Waals surface area (Å²) in [7, 11) is 1.94. The predicted octanol–water partition coefficient (Wildman–Crippen LogP) is 1.46. The number of nitrogens with one attached hydrogen (secondary N) is 1. The summed E-state index contributed by atoms with van der Waals surface area (Å²) in [5, 5.41) is 3.16. The fourth-order valence-corrected chi connectivity index (χ4v) is 1.27. The number of nitrogens with two attached hydrogens (primary N) is 1. The summed E-state index contributed by atoms with van der Waals surface area (Å²) in [6.07, 6.45) is 4.43. The van der Waals surface area contributed by atoms with Crippen LogP contribution in [0.1, 0.15) is 39.5 Å². The molecule has 0 amide bonds. The molecule has 0 aromatic rings. The van der Waals surface area contributed by atoms with E-state index in [9.17, 15) is 0 Å². The van der Waals surface area contributed by atoms with E-state index in [0.29, 0.717) is 0 Å². The Morgan fingerprint density at radius 1 is 1.20 bits per heavy atom. The third-order valence-corrected chi connectivity index (χ3v) is 1.89. The third-order valence-electron chi connectivity index (χ3n) is 1.89. The fourth-order valence-electron chi connectivity index (χ4n) is 1.27. The summed E-state index contributed by atoms with van der Waals surface area (Å²) >= 11 is 0. The van der Waals surface area contributed by atoms with Crippen molar-refractivity contribution in [2.75, 3.05) is 7.05 Å². The average Bonchev–Trinajstić information content (AvgIpc) is 1.89. The lowest BCUT2D eigenvalue weighted by molar-refractivity contribution is 0.306. The van der Waals surface area contributed by atoms with E-state index in [1.807, 2.05) is 7.05 Å². The molecule has 0 fully saturated rings. The molecule has 0 bridgehead atoms. The van der Waals surface area contributed by atoms with Gasteiger partial charge in [0.05, 0.1) is 5.66 Å². The van der Waals surface area contributed by atoms with Crippen molar-refractivity contribution in [2.24, 2.45) is 5.73 Å². The second-order valence-corrected chi connectivity index (χ2v) is 2.91. The van der Waals surface area contributed by atoms with Gasteiger partial charge in [-0.3, -0.25) is 0 Å². The van der Waals surface area contributed by atoms with Gasteiger partial charge in [0.2, 0.25) is 0 Å². The highest BCUT2D eigenvalue weighted by molar-refractivity contribution is 4.77. The third kappa shape index (κ3) is 3.18. The van der Waals surface area contributed by atoms with Crippen molar-refractivity contribution in [3.63, 3.8) is 0 Å². The van der Waals surface area contributed by atoms with Gasteiger partial charge in [-0.2, -0.15) is 0 Å². The zero-order chi connectivity index (χ0) is 8.04. The van der Waals surface area contributed by atoms with Crippen LogP contribution < -0.4 is 11.1 Å². The summed E-state index contributed by atoms with van der Waals surface area (Å²) in [6.45, 7) is 4.32. The Morgan fingerprint density at radius 2 is 1.60 bits per heavy atom. The Morgan fingerprint density at radius 3 is 1.80 bits per heavy atom. The van der Waals surface area contributed by atoms with E-state index in [4.69, 9.17) is 5.73 Å². The van der Waals surface area contributed by atoms with Crippen LogP contribution in [0.25, 0.3) is 0 Å². The molecule has 0 rings (SSSR count). The van der Waals surface area contributed by atoms with Crippen molar-refractivity contribution in [3.05, 3.63) is 0 Å². The van der Waals surface area contributed by atoms with E-state index in [-0.39, 0.29) is 5.66 Å². The zero-order valence-corrected chi connectivity index (χ0v) is 7.41. The molecule has 0 aromatic carbocycles. The van der Waals surface area contributed by atoms with Gasteiger partial charge >= 0.3 is 0 Å². The summed E-state index contributed by atoms with van der Waals surface area (Å²) in [5.74, 6) is 0. The van der Waals surface area contributed by atoms with Gasteiger partial charge in [0.1, 0.15) is 0 Å². The van der Waals surface area contributed by atoms with Crippen molar-refractivity contribution in [1.29, 1.82) is 0 Å². The lowest BCUT2D eigenvalue weighted by Gasteiger charge is -2.28. The molecule has 0 spiro atoms. The lowest BCUT2D eigenvalue weighted by atomic mass is 10.00. The van der Waals surface area contributed by atoms with E-state index >= 15 is 0 Å². The Hall–Kier alpha value is -0.0800. The molecule has 62 valence electrons. The van der Waals surface area contributed by atoms with Crippen molar-refractivity contribution in [1.82, 2.24) is 5.32 Å². The molecule has 0 atom stereocenters. The highest BCUT2D eigenvalue weighted by atomic mass is 15.1. The Bertz CT molecular complexity index is 75.3. The minimum Gasteiger partial charge on any atom is -0.313 e. The van der Waals surface area contributed by atoms with E-state index in [1.54, 1.807) is 0 Å². The maximum absolute atomic E-state index is 6.01. The molecule has 10 heavy (non-hydrogen) atoms. The largest absolute Gasteiger partial charge is 0.313 e. The quantitative estimate of drug-likeness (QED) is 0.573. The molecule has 0 saturated carbocycles. The van der Waals surface area contributed by atoms with Crippen LogP contribution in [0.2, 0.25) is 0 Å². The molecular formula is C8H20N2. The lowest BCUT2D eigenvalue weighted by Crippen LogP contribution is -2.51. The van der Waals surface area contributed by atoms with Crippen LogP contribution in [0.3, 0.4) is 0 Å². The van der Waals surface area contributed by atoms with Crippen LogP contribution >= 0.6 is 0 Å². The zero-order valence-electron chi connectivity index (χ0n) is 7.41. The van der Waals surface area contributed by atoms with Crippen LogP contribution in [-0.2, 0) is 0 Å². The molecule has 3 N–H and O–H groups in total. The highest BCUT2D eigenvalue weighted by Gasteiger charge is 2.18. The smallest absolute Gasteiger partial charge is 0.0659 e. The molecule has 0 saturated heterocycles. The fraction of sp³-hybridized carbons (Fsp3) is 1.00. The summed E-state index contributed by atoms with van der Waals surface area (Å²) < 4.78 is 0.